The van der Waals surface area contributed by atoms with E-state index in [9.17, 15) is 0 Å². The van der Waals surface area contributed by atoms with E-state index in [0.717, 1.165) is 49.6 Å². The fourth-order valence-electron chi connectivity index (χ4n) is 2.91. The molecule has 27 heavy (non-hydrogen) atoms. The van der Waals surface area contributed by atoms with Gasteiger partial charge in [-0.2, -0.15) is 0 Å². The van der Waals surface area contributed by atoms with Crippen molar-refractivity contribution in [1.82, 2.24) is 20.8 Å². The van der Waals surface area contributed by atoms with Crippen molar-refractivity contribution in [3.05, 3.63) is 33.1 Å². The first-order chi connectivity index (χ1) is 12.6. The molecule has 0 aromatic carbocycles. The van der Waals surface area contributed by atoms with Crippen LogP contribution in [0, 0.1) is 6.92 Å². The number of rotatable bonds is 9. The molecule has 0 aliphatic heterocycles. The van der Waals surface area contributed by atoms with Gasteiger partial charge in [0.2, 0.25) is 0 Å². The Labute approximate surface area is 183 Å². The second kappa shape index (κ2) is 12.3. The number of guanidine groups is 1. The van der Waals surface area contributed by atoms with Gasteiger partial charge in [0.15, 0.2) is 11.7 Å². The Morgan fingerprint density at radius 1 is 1.26 bits per heavy atom. The molecule has 2 aromatic rings. The van der Waals surface area contributed by atoms with E-state index >= 15 is 0 Å². The number of hydrogen-bond acceptors (Lipinski definition) is 5. The van der Waals surface area contributed by atoms with Crippen LogP contribution in [0.5, 0.6) is 0 Å². The molecule has 0 unspecified atom stereocenters. The summed E-state index contributed by atoms with van der Waals surface area (Å²) in [5.74, 6) is 2.06. The van der Waals surface area contributed by atoms with Crippen LogP contribution in [0.4, 0.5) is 0 Å². The monoisotopic (exact) mass is 505 g/mol. The summed E-state index contributed by atoms with van der Waals surface area (Å²) in [7, 11) is 1.77. The van der Waals surface area contributed by atoms with Crippen LogP contribution in [-0.4, -0.2) is 29.7 Å². The molecule has 0 saturated carbocycles. The van der Waals surface area contributed by atoms with E-state index < -0.39 is 0 Å². The van der Waals surface area contributed by atoms with Crippen molar-refractivity contribution in [2.24, 2.45) is 4.99 Å². The molecule has 6 nitrogen and oxygen atoms in total. The molecule has 2 N–H and O–H groups in total. The van der Waals surface area contributed by atoms with Gasteiger partial charge in [-0.25, -0.2) is 4.98 Å². The lowest BCUT2D eigenvalue weighted by Gasteiger charge is -2.09. The van der Waals surface area contributed by atoms with Gasteiger partial charge in [0.1, 0.15) is 0 Å². The van der Waals surface area contributed by atoms with Crippen LogP contribution in [0.25, 0.3) is 0 Å². The predicted octanol–water partition coefficient (Wildman–Crippen LogP) is 4.43. The van der Waals surface area contributed by atoms with Gasteiger partial charge in [-0.15, -0.1) is 35.3 Å². The summed E-state index contributed by atoms with van der Waals surface area (Å²) in [6, 6.07) is 2.04. The second-order valence-electron chi connectivity index (χ2n) is 6.30. The number of nitrogens with one attached hydrogen (secondary N) is 2. The van der Waals surface area contributed by atoms with E-state index in [0.29, 0.717) is 12.5 Å². The fourth-order valence-corrected chi connectivity index (χ4v) is 3.93. The molecule has 0 radical (unpaired) electrons. The summed E-state index contributed by atoms with van der Waals surface area (Å²) in [6.45, 7) is 10.0. The Balaban J connectivity index is 0.00000364. The van der Waals surface area contributed by atoms with Crippen LogP contribution in [0.3, 0.4) is 0 Å². The van der Waals surface area contributed by atoms with Gasteiger partial charge in [-0.05, 0) is 26.2 Å². The molecule has 2 rings (SSSR count). The van der Waals surface area contributed by atoms with E-state index in [-0.39, 0.29) is 24.0 Å². The minimum atomic E-state index is 0. The van der Waals surface area contributed by atoms with Crippen LogP contribution < -0.4 is 10.6 Å². The topological polar surface area (TPSA) is 75.3 Å². The Kier molecular flexibility index (Phi) is 10.9. The highest BCUT2D eigenvalue weighted by Gasteiger charge is 2.13. The van der Waals surface area contributed by atoms with Crippen LogP contribution in [0.2, 0.25) is 0 Å². The van der Waals surface area contributed by atoms with Crippen molar-refractivity contribution in [3.63, 3.8) is 0 Å². The summed E-state index contributed by atoms with van der Waals surface area (Å²) in [4.78, 5) is 10.3. The average molecular weight is 505 g/mol. The van der Waals surface area contributed by atoms with Crippen molar-refractivity contribution in [3.8, 4) is 0 Å². The molecule has 0 spiro atoms. The van der Waals surface area contributed by atoms with Gasteiger partial charge in [0, 0.05) is 36.9 Å². The predicted molar refractivity (Wildman–Crippen MR) is 123 cm³/mol. The highest BCUT2D eigenvalue weighted by molar-refractivity contribution is 14.0. The second-order valence-corrected chi connectivity index (χ2v) is 7.59. The highest BCUT2D eigenvalue weighted by atomic mass is 127. The number of aliphatic imine (C=N–C) groups is 1. The molecular weight excluding hydrogens is 473 g/mol. The smallest absolute Gasteiger partial charge is 0.191 e. The quantitative estimate of drug-likeness (QED) is 0.300. The summed E-state index contributed by atoms with van der Waals surface area (Å²) < 4.78 is 5.44. The molecule has 0 saturated heterocycles. The molecule has 0 bridgehead atoms. The van der Waals surface area contributed by atoms with Crippen molar-refractivity contribution < 1.29 is 4.52 Å². The average Bonchev–Trinajstić information content (AvgIpc) is 3.25. The third-order valence-electron chi connectivity index (χ3n) is 4.54. The number of thiazole rings is 1. The number of halogens is 1. The number of nitrogens with zero attached hydrogens (tertiary/aromatic N) is 3. The summed E-state index contributed by atoms with van der Waals surface area (Å²) >= 11 is 1.78. The zero-order valence-electron chi connectivity index (χ0n) is 17.0. The van der Waals surface area contributed by atoms with Gasteiger partial charge in [-0.3, -0.25) is 4.99 Å². The number of hydrogen-bond donors (Lipinski definition) is 2. The summed E-state index contributed by atoms with van der Waals surface area (Å²) in [6.07, 6.45) is 4.05. The van der Waals surface area contributed by atoms with Crippen LogP contribution in [-0.2, 0) is 19.4 Å². The van der Waals surface area contributed by atoms with Crippen molar-refractivity contribution >= 4 is 41.3 Å². The SMILES string of the molecule is CCc1nc(CCNC(=NC)NCc2cc(C(CC)CC)no2)sc1C.I. The molecule has 0 atom stereocenters. The standard InChI is InChI=1S/C19H31N5OS.HI/c1-6-14(7-2)17-11-15(25-24-17)12-22-19(20-5)21-10-9-18-23-16(8-3)13(4)26-18;/h11,14H,6-10,12H2,1-5H3,(H2,20,21,22);1H. The van der Waals surface area contributed by atoms with E-state index in [4.69, 9.17) is 4.52 Å². The van der Waals surface area contributed by atoms with Gasteiger partial charge >= 0.3 is 0 Å². The van der Waals surface area contributed by atoms with Crippen molar-refractivity contribution in [2.75, 3.05) is 13.6 Å². The maximum Gasteiger partial charge on any atom is 0.191 e. The highest BCUT2D eigenvalue weighted by Crippen LogP contribution is 2.22. The first-order valence-electron chi connectivity index (χ1n) is 9.46. The van der Waals surface area contributed by atoms with Crippen LogP contribution >= 0.6 is 35.3 Å². The van der Waals surface area contributed by atoms with Gasteiger partial charge in [-0.1, -0.05) is 25.9 Å². The molecule has 0 aliphatic rings. The molecular formula is C19H32IN5OS. The van der Waals surface area contributed by atoms with Crippen LogP contribution in [0.1, 0.15) is 66.6 Å². The number of aryl methyl sites for hydroxylation is 2. The summed E-state index contributed by atoms with van der Waals surface area (Å²) in [5, 5.41) is 12.0. The normalized spacial score (nSPS) is 11.6. The van der Waals surface area contributed by atoms with Gasteiger partial charge < -0.3 is 15.2 Å². The minimum absolute atomic E-state index is 0. The maximum absolute atomic E-state index is 5.44. The van der Waals surface area contributed by atoms with E-state index in [2.05, 4.69) is 53.5 Å². The first kappa shape index (κ1) is 23.9. The van der Waals surface area contributed by atoms with Crippen molar-refractivity contribution in [2.45, 2.75) is 65.8 Å². The van der Waals surface area contributed by atoms with Gasteiger partial charge in [0.25, 0.3) is 0 Å². The lowest BCUT2D eigenvalue weighted by molar-refractivity contribution is 0.368. The number of aromatic nitrogens is 2. The largest absolute Gasteiger partial charge is 0.359 e. The van der Waals surface area contributed by atoms with Crippen molar-refractivity contribution in [1.29, 1.82) is 0 Å². The minimum Gasteiger partial charge on any atom is -0.359 e. The summed E-state index contributed by atoms with van der Waals surface area (Å²) in [5.41, 5.74) is 2.26. The third-order valence-corrected chi connectivity index (χ3v) is 5.61. The Hall–Kier alpha value is -1.16. The van der Waals surface area contributed by atoms with E-state index in [1.807, 2.05) is 6.07 Å². The molecule has 0 aliphatic carbocycles. The molecule has 8 heteroatoms. The first-order valence-corrected chi connectivity index (χ1v) is 10.3. The maximum atomic E-state index is 5.44. The molecule has 0 fully saturated rings. The Morgan fingerprint density at radius 2 is 2.00 bits per heavy atom. The zero-order chi connectivity index (χ0) is 18.9. The van der Waals surface area contributed by atoms with Crippen LogP contribution in [0.15, 0.2) is 15.6 Å². The fraction of sp³-hybridized carbons (Fsp3) is 0.632. The van der Waals surface area contributed by atoms with Gasteiger partial charge in [0.05, 0.1) is 22.9 Å². The molecule has 2 aromatic heterocycles. The molecule has 0 amide bonds. The lowest BCUT2D eigenvalue weighted by atomic mass is 9.99. The van der Waals surface area contributed by atoms with E-state index in [1.165, 1.54) is 15.6 Å². The lowest BCUT2D eigenvalue weighted by Crippen LogP contribution is -2.37. The Morgan fingerprint density at radius 3 is 2.59 bits per heavy atom. The third kappa shape index (κ3) is 7.06. The van der Waals surface area contributed by atoms with E-state index in [1.54, 1.807) is 18.4 Å². The molecule has 152 valence electrons. The molecule has 2 heterocycles. The zero-order valence-corrected chi connectivity index (χ0v) is 20.1. The Bertz CT molecular complexity index is 709.